The fraction of sp³-hybridized carbons (Fsp3) is 0.895. The molecule has 0 fully saturated rings. The fourth-order valence-electron chi connectivity index (χ4n) is 5.42. The number of rotatable bonds is 38. The molecule has 0 rings (SSSR count). The molecule has 0 saturated carbocycles. The number of hydrogen-bond acceptors (Lipinski definition) is 8. The highest BCUT2D eigenvalue weighted by Gasteiger charge is 2.27. The standard InChI is InChI=1S/C38H74NO9P/c1-3-5-7-9-11-12-13-14-15-16-17-18-19-20-21-22-23-25-27-29-31-45-32-35(33-46-49(43,44)47-34-36(39)38(41)42)48-37(40)30-28-26-24-10-8-6-4-2/h14-15,35-36H,3-13,16-34,39H2,1-2H3,(H,41,42)(H,43,44)/b15-14-. The smallest absolute Gasteiger partial charge is 0.472 e. The predicted octanol–water partition coefficient (Wildman–Crippen LogP) is 10.2. The van der Waals surface area contributed by atoms with Crippen LogP contribution in [0.1, 0.15) is 181 Å². The van der Waals surface area contributed by atoms with Gasteiger partial charge in [0.05, 0.1) is 19.8 Å². The molecule has 0 aliphatic carbocycles. The zero-order valence-electron chi connectivity index (χ0n) is 31.3. The van der Waals surface area contributed by atoms with Gasteiger partial charge < -0.3 is 25.2 Å². The lowest BCUT2D eigenvalue weighted by Crippen LogP contribution is -2.34. The summed E-state index contributed by atoms with van der Waals surface area (Å²) < 4.78 is 33.1. The average molecular weight is 720 g/mol. The Bertz CT molecular complexity index is 842. The number of phosphoric ester groups is 1. The number of carboxylic acid groups (broad SMARTS) is 1. The van der Waals surface area contributed by atoms with Crippen molar-refractivity contribution in [1.29, 1.82) is 0 Å². The van der Waals surface area contributed by atoms with E-state index in [-0.39, 0.29) is 13.0 Å². The van der Waals surface area contributed by atoms with Crippen LogP contribution in [0.3, 0.4) is 0 Å². The number of carbonyl (C=O) groups excluding carboxylic acids is 1. The van der Waals surface area contributed by atoms with Gasteiger partial charge in [0.1, 0.15) is 12.1 Å². The second kappa shape index (κ2) is 35.1. The SMILES string of the molecule is CCCCCCCC/C=C\CCCCCCCCCCCCOCC(COP(=O)(O)OCC(N)C(=O)O)OC(=O)CCCCCCCCC. The molecule has 0 spiro atoms. The van der Waals surface area contributed by atoms with Crippen molar-refractivity contribution in [2.24, 2.45) is 5.73 Å². The van der Waals surface area contributed by atoms with Gasteiger partial charge in [0.25, 0.3) is 0 Å². The normalized spacial score (nSPS) is 14.2. The van der Waals surface area contributed by atoms with Gasteiger partial charge in [0, 0.05) is 13.0 Å². The first-order valence-corrected chi connectivity index (χ1v) is 21.2. The molecular weight excluding hydrogens is 645 g/mol. The summed E-state index contributed by atoms with van der Waals surface area (Å²) in [6.07, 6.45) is 34.3. The van der Waals surface area contributed by atoms with Crippen molar-refractivity contribution in [2.45, 2.75) is 193 Å². The maximum atomic E-state index is 12.4. The Hall–Kier alpha value is -1.29. The minimum atomic E-state index is -4.60. The van der Waals surface area contributed by atoms with Crippen LogP contribution in [0.25, 0.3) is 0 Å². The zero-order valence-corrected chi connectivity index (χ0v) is 32.2. The maximum absolute atomic E-state index is 12.4. The van der Waals surface area contributed by atoms with Crippen LogP contribution in [0.4, 0.5) is 0 Å². The van der Waals surface area contributed by atoms with Crippen LogP contribution in [0, 0.1) is 0 Å². The predicted molar refractivity (Wildman–Crippen MR) is 199 cm³/mol. The summed E-state index contributed by atoms with van der Waals surface area (Å²) in [7, 11) is -4.60. The van der Waals surface area contributed by atoms with Crippen LogP contribution >= 0.6 is 7.82 Å². The summed E-state index contributed by atoms with van der Waals surface area (Å²) in [5.41, 5.74) is 5.33. The molecule has 0 aromatic heterocycles. The van der Waals surface area contributed by atoms with E-state index in [2.05, 4.69) is 30.5 Å². The quantitative estimate of drug-likeness (QED) is 0.0243. The van der Waals surface area contributed by atoms with Gasteiger partial charge in [-0.05, 0) is 38.5 Å². The molecule has 0 radical (unpaired) electrons. The summed E-state index contributed by atoms with van der Waals surface area (Å²) >= 11 is 0. The van der Waals surface area contributed by atoms with Crippen molar-refractivity contribution >= 4 is 19.8 Å². The first-order valence-electron chi connectivity index (χ1n) is 19.7. The molecule has 49 heavy (non-hydrogen) atoms. The van der Waals surface area contributed by atoms with Crippen LogP contribution in [-0.2, 0) is 32.7 Å². The van der Waals surface area contributed by atoms with Crippen molar-refractivity contribution in [3.05, 3.63) is 12.2 Å². The van der Waals surface area contributed by atoms with Gasteiger partial charge in [-0.3, -0.25) is 18.6 Å². The molecule has 0 saturated heterocycles. The van der Waals surface area contributed by atoms with Gasteiger partial charge in [-0.15, -0.1) is 0 Å². The number of allylic oxidation sites excluding steroid dienone is 2. The van der Waals surface area contributed by atoms with Crippen molar-refractivity contribution in [2.75, 3.05) is 26.4 Å². The lowest BCUT2D eigenvalue weighted by atomic mass is 10.1. The van der Waals surface area contributed by atoms with Gasteiger partial charge in [0.2, 0.25) is 0 Å². The van der Waals surface area contributed by atoms with E-state index < -0.39 is 45.1 Å². The fourth-order valence-corrected chi connectivity index (χ4v) is 6.20. The molecule has 4 N–H and O–H groups in total. The highest BCUT2D eigenvalue weighted by molar-refractivity contribution is 7.47. The molecule has 0 aromatic rings. The van der Waals surface area contributed by atoms with Gasteiger partial charge in [-0.2, -0.15) is 0 Å². The lowest BCUT2D eigenvalue weighted by Gasteiger charge is -2.20. The molecule has 3 atom stereocenters. The number of ether oxygens (including phenoxy) is 2. The number of unbranched alkanes of at least 4 members (excludes halogenated alkanes) is 22. The van der Waals surface area contributed by atoms with E-state index in [1.165, 1.54) is 116 Å². The van der Waals surface area contributed by atoms with Crippen molar-refractivity contribution in [1.82, 2.24) is 0 Å². The number of nitrogens with two attached hydrogens (primary N) is 1. The highest BCUT2D eigenvalue weighted by atomic mass is 31.2. The summed E-state index contributed by atoms with van der Waals surface area (Å²) in [4.78, 5) is 33.2. The molecule has 0 heterocycles. The van der Waals surface area contributed by atoms with Crippen LogP contribution in [0.15, 0.2) is 12.2 Å². The van der Waals surface area contributed by atoms with E-state index in [1.807, 2.05) is 0 Å². The molecule has 0 aromatic carbocycles. The van der Waals surface area contributed by atoms with Gasteiger partial charge in [-0.25, -0.2) is 4.57 Å². The van der Waals surface area contributed by atoms with Crippen LogP contribution < -0.4 is 5.73 Å². The third kappa shape index (κ3) is 34.9. The van der Waals surface area contributed by atoms with Crippen LogP contribution in [0.2, 0.25) is 0 Å². The van der Waals surface area contributed by atoms with E-state index in [0.29, 0.717) is 13.0 Å². The lowest BCUT2D eigenvalue weighted by molar-refractivity contribution is -0.154. The van der Waals surface area contributed by atoms with Crippen LogP contribution in [0.5, 0.6) is 0 Å². The number of carboxylic acids is 1. The Balaban J connectivity index is 4.09. The average Bonchev–Trinajstić information content (AvgIpc) is 3.07. The largest absolute Gasteiger partial charge is 0.480 e. The Kier molecular flexibility index (Phi) is 34.2. The number of phosphoric acid groups is 1. The minimum Gasteiger partial charge on any atom is -0.480 e. The second-order valence-electron chi connectivity index (χ2n) is 13.4. The number of carbonyl (C=O) groups is 2. The molecule has 3 unspecified atom stereocenters. The number of esters is 1. The van der Waals surface area contributed by atoms with Crippen LogP contribution in [-0.4, -0.2) is 60.5 Å². The molecule has 11 heteroatoms. The minimum absolute atomic E-state index is 0.0202. The van der Waals surface area contributed by atoms with Crippen molar-refractivity contribution in [3.8, 4) is 0 Å². The number of hydrogen-bond donors (Lipinski definition) is 3. The summed E-state index contributed by atoms with van der Waals surface area (Å²) in [5.74, 6) is -1.78. The molecule has 0 aliphatic heterocycles. The second-order valence-corrected chi connectivity index (χ2v) is 14.9. The van der Waals surface area contributed by atoms with E-state index in [4.69, 9.17) is 24.8 Å². The molecule has 0 aliphatic rings. The molecule has 0 bridgehead atoms. The molecule has 10 nitrogen and oxygen atoms in total. The number of aliphatic carboxylic acids is 1. The molecule has 0 amide bonds. The van der Waals surface area contributed by atoms with E-state index >= 15 is 0 Å². The maximum Gasteiger partial charge on any atom is 0.472 e. The third-order valence-electron chi connectivity index (χ3n) is 8.54. The molecule has 290 valence electrons. The van der Waals surface area contributed by atoms with E-state index in [1.54, 1.807) is 0 Å². The Morgan fingerprint density at radius 1 is 0.633 bits per heavy atom. The van der Waals surface area contributed by atoms with Crippen molar-refractivity contribution < 1.29 is 42.7 Å². The first kappa shape index (κ1) is 47.7. The zero-order chi connectivity index (χ0) is 36.3. The Morgan fingerprint density at radius 2 is 1.06 bits per heavy atom. The van der Waals surface area contributed by atoms with Gasteiger partial charge >= 0.3 is 19.8 Å². The Morgan fingerprint density at radius 3 is 1.55 bits per heavy atom. The monoisotopic (exact) mass is 720 g/mol. The third-order valence-corrected chi connectivity index (χ3v) is 9.50. The molecular formula is C38H74NO9P. The van der Waals surface area contributed by atoms with Gasteiger partial charge in [-0.1, -0.05) is 148 Å². The van der Waals surface area contributed by atoms with Gasteiger partial charge in [0.15, 0.2) is 0 Å². The van der Waals surface area contributed by atoms with E-state index in [0.717, 1.165) is 38.5 Å². The Labute approximate surface area is 299 Å². The summed E-state index contributed by atoms with van der Waals surface area (Å²) in [6, 6.07) is -1.47. The topological polar surface area (TPSA) is 155 Å². The first-order chi connectivity index (χ1) is 23.7. The highest BCUT2D eigenvalue weighted by Crippen LogP contribution is 2.43. The van der Waals surface area contributed by atoms with E-state index in [9.17, 15) is 19.0 Å². The summed E-state index contributed by atoms with van der Waals surface area (Å²) in [5, 5.41) is 8.84. The summed E-state index contributed by atoms with van der Waals surface area (Å²) in [6.45, 7) is 3.83. The van der Waals surface area contributed by atoms with Crippen molar-refractivity contribution in [3.63, 3.8) is 0 Å².